The number of anilines is 1. The van der Waals surface area contributed by atoms with Crippen LogP contribution in [-0.2, 0) is 17.8 Å². The van der Waals surface area contributed by atoms with Gasteiger partial charge in [0.25, 0.3) is 0 Å². The first-order chi connectivity index (χ1) is 14.0. The van der Waals surface area contributed by atoms with Crippen molar-refractivity contribution in [2.75, 3.05) is 25.5 Å². The Labute approximate surface area is 171 Å². The van der Waals surface area contributed by atoms with Crippen LogP contribution in [0.5, 0.6) is 0 Å². The number of pyridine rings is 1. The number of nitrogens with one attached hydrogen (secondary N) is 1. The third-order valence-corrected chi connectivity index (χ3v) is 6.25. The second-order valence-electron chi connectivity index (χ2n) is 8.29. The van der Waals surface area contributed by atoms with E-state index in [1.807, 2.05) is 48.3 Å². The average molecular weight is 393 g/mol. The summed E-state index contributed by atoms with van der Waals surface area (Å²) in [6, 6.07) is 13.6. The van der Waals surface area contributed by atoms with Crippen LogP contribution < -0.4 is 5.32 Å². The van der Waals surface area contributed by atoms with Crippen molar-refractivity contribution in [3.8, 4) is 0 Å². The summed E-state index contributed by atoms with van der Waals surface area (Å²) in [5.41, 5.74) is 2.87. The van der Waals surface area contributed by atoms with Crippen LogP contribution in [0.2, 0.25) is 0 Å². The van der Waals surface area contributed by atoms with E-state index in [-0.39, 0.29) is 23.3 Å². The third-order valence-electron chi connectivity index (χ3n) is 6.25. The number of rotatable bonds is 5. The Morgan fingerprint density at radius 3 is 2.90 bits per heavy atom. The zero-order chi connectivity index (χ0) is 20.4. The van der Waals surface area contributed by atoms with E-state index in [0.717, 1.165) is 30.6 Å². The van der Waals surface area contributed by atoms with Crippen LogP contribution in [0, 0.1) is 11.3 Å². The highest BCUT2D eigenvalue weighted by atomic mass is 16.2. The molecule has 1 spiro atoms. The Hall–Kier alpha value is -2.89. The molecule has 1 saturated carbocycles. The van der Waals surface area contributed by atoms with Gasteiger partial charge in [-0.15, -0.1) is 0 Å². The molecule has 2 atom stereocenters. The molecule has 29 heavy (non-hydrogen) atoms. The molecule has 2 aliphatic rings. The van der Waals surface area contributed by atoms with Crippen molar-refractivity contribution in [3.63, 3.8) is 0 Å². The fraction of sp³-hybridized carbons (Fsp3) is 0.435. The SMILES string of the molecule is CCc1cccc(NC(=O)N2CC[C@@]3(C[C@H]3C(=O)N(C)Cc3ccccn3)C2)c1. The summed E-state index contributed by atoms with van der Waals surface area (Å²) >= 11 is 0. The Morgan fingerprint density at radius 1 is 1.28 bits per heavy atom. The van der Waals surface area contributed by atoms with E-state index in [1.54, 1.807) is 11.1 Å². The highest BCUT2D eigenvalue weighted by Gasteiger charge is 2.61. The molecule has 0 unspecified atom stereocenters. The number of urea groups is 1. The van der Waals surface area contributed by atoms with Crippen LogP contribution in [0.15, 0.2) is 48.7 Å². The van der Waals surface area contributed by atoms with E-state index >= 15 is 0 Å². The molecule has 152 valence electrons. The van der Waals surface area contributed by atoms with Gasteiger partial charge in [-0.25, -0.2) is 4.79 Å². The Morgan fingerprint density at radius 2 is 2.14 bits per heavy atom. The van der Waals surface area contributed by atoms with Crippen molar-refractivity contribution in [2.45, 2.75) is 32.7 Å². The lowest BCUT2D eigenvalue weighted by Crippen LogP contribution is -2.34. The minimum atomic E-state index is -0.0740. The van der Waals surface area contributed by atoms with Crippen LogP contribution in [0.3, 0.4) is 0 Å². The predicted octanol–water partition coefficient (Wildman–Crippen LogP) is 3.55. The van der Waals surface area contributed by atoms with Crippen LogP contribution in [-0.4, -0.2) is 46.9 Å². The number of nitrogens with zero attached hydrogens (tertiary/aromatic N) is 3. The maximum Gasteiger partial charge on any atom is 0.321 e. The standard InChI is InChI=1S/C23H28N4O2/c1-3-17-7-6-9-18(13-17)25-22(29)27-12-10-23(16-27)14-20(23)21(28)26(2)15-19-8-4-5-11-24-19/h4-9,11,13,20H,3,10,12,14-16H2,1-2H3,(H,25,29)/t20-,23+/m0/s1. The molecule has 6 nitrogen and oxygen atoms in total. The Kier molecular flexibility index (Phi) is 5.26. The number of hydrogen-bond acceptors (Lipinski definition) is 3. The lowest BCUT2D eigenvalue weighted by Gasteiger charge is -2.20. The van der Waals surface area contributed by atoms with Crippen molar-refractivity contribution in [2.24, 2.45) is 11.3 Å². The van der Waals surface area contributed by atoms with Gasteiger partial charge in [-0.2, -0.15) is 0 Å². The highest BCUT2D eigenvalue weighted by molar-refractivity contribution is 5.90. The molecule has 3 amide bonds. The summed E-state index contributed by atoms with van der Waals surface area (Å²) in [5.74, 6) is 0.172. The minimum Gasteiger partial charge on any atom is -0.340 e. The van der Waals surface area contributed by atoms with E-state index in [4.69, 9.17) is 0 Å². The molecule has 1 N–H and O–H groups in total. The highest BCUT2D eigenvalue weighted by Crippen LogP contribution is 2.59. The molecule has 1 aromatic heterocycles. The smallest absolute Gasteiger partial charge is 0.321 e. The van der Waals surface area contributed by atoms with Crippen molar-refractivity contribution < 1.29 is 9.59 Å². The van der Waals surface area contributed by atoms with Crippen molar-refractivity contribution >= 4 is 17.6 Å². The molecular weight excluding hydrogens is 364 g/mol. The number of carbonyl (C=O) groups is 2. The number of amides is 3. The summed E-state index contributed by atoms with van der Waals surface area (Å²) in [4.78, 5) is 33.5. The molecule has 2 aromatic rings. The topological polar surface area (TPSA) is 65.5 Å². The largest absolute Gasteiger partial charge is 0.340 e. The first-order valence-electron chi connectivity index (χ1n) is 10.3. The Balaban J connectivity index is 1.32. The normalized spacial score (nSPS) is 22.6. The van der Waals surface area contributed by atoms with E-state index < -0.39 is 0 Å². The number of likely N-dealkylation sites (tertiary alicyclic amines) is 1. The van der Waals surface area contributed by atoms with Gasteiger partial charge < -0.3 is 15.1 Å². The van der Waals surface area contributed by atoms with Crippen LogP contribution >= 0.6 is 0 Å². The molecule has 6 heteroatoms. The molecule has 1 aliphatic carbocycles. The molecule has 0 radical (unpaired) electrons. The maximum atomic E-state index is 12.9. The fourth-order valence-electron chi connectivity index (χ4n) is 4.37. The quantitative estimate of drug-likeness (QED) is 0.846. The lowest BCUT2D eigenvalue weighted by molar-refractivity contribution is -0.132. The molecular formula is C23H28N4O2. The van der Waals surface area contributed by atoms with Crippen LogP contribution in [0.25, 0.3) is 0 Å². The zero-order valence-corrected chi connectivity index (χ0v) is 17.1. The molecule has 4 rings (SSSR count). The second kappa shape index (κ2) is 7.85. The maximum absolute atomic E-state index is 12.9. The number of carbonyl (C=O) groups excluding carboxylic acids is 2. The number of benzene rings is 1. The van der Waals surface area contributed by atoms with Gasteiger partial charge in [0.15, 0.2) is 0 Å². The summed E-state index contributed by atoms with van der Waals surface area (Å²) in [7, 11) is 1.84. The third kappa shape index (κ3) is 4.11. The van der Waals surface area contributed by atoms with E-state index in [0.29, 0.717) is 19.6 Å². The summed E-state index contributed by atoms with van der Waals surface area (Å²) in [6.07, 6.45) is 4.44. The summed E-state index contributed by atoms with van der Waals surface area (Å²) in [5, 5.41) is 3.01. The minimum absolute atomic E-state index is 0.0115. The van der Waals surface area contributed by atoms with Gasteiger partial charge in [0.1, 0.15) is 0 Å². The predicted molar refractivity (Wildman–Crippen MR) is 112 cm³/mol. The van der Waals surface area contributed by atoms with Crippen LogP contribution in [0.1, 0.15) is 31.0 Å². The molecule has 1 saturated heterocycles. The van der Waals surface area contributed by atoms with Crippen molar-refractivity contribution in [1.82, 2.24) is 14.8 Å². The lowest BCUT2D eigenvalue weighted by atomic mass is 10.0. The molecule has 2 fully saturated rings. The van der Waals surface area contributed by atoms with Gasteiger partial charge in [0.2, 0.25) is 5.91 Å². The number of hydrogen-bond donors (Lipinski definition) is 1. The van der Waals surface area contributed by atoms with Gasteiger partial charge in [-0.1, -0.05) is 25.1 Å². The van der Waals surface area contributed by atoms with Crippen molar-refractivity contribution in [1.29, 1.82) is 0 Å². The average Bonchev–Trinajstić information content (AvgIpc) is 3.26. The van der Waals surface area contributed by atoms with Gasteiger partial charge in [0, 0.05) is 43.4 Å². The summed E-state index contributed by atoms with van der Waals surface area (Å²) < 4.78 is 0. The van der Waals surface area contributed by atoms with Gasteiger partial charge in [-0.05, 0) is 49.1 Å². The Bertz CT molecular complexity index is 901. The van der Waals surface area contributed by atoms with Crippen molar-refractivity contribution in [3.05, 3.63) is 59.9 Å². The molecule has 0 bridgehead atoms. The zero-order valence-electron chi connectivity index (χ0n) is 17.1. The van der Waals surface area contributed by atoms with E-state index in [1.165, 1.54) is 5.56 Å². The second-order valence-corrected chi connectivity index (χ2v) is 8.29. The van der Waals surface area contributed by atoms with Crippen LogP contribution in [0.4, 0.5) is 10.5 Å². The molecule has 2 heterocycles. The number of aryl methyl sites for hydroxylation is 1. The monoisotopic (exact) mass is 392 g/mol. The van der Waals surface area contributed by atoms with E-state index in [2.05, 4.69) is 23.3 Å². The molecule has 1 aliphatic heterocycles. The summed E-state index contributed by atoms with van der Waals surface area (Å²) in [6.45, 7) is 3.97. The number of aromatic nitrogens is 1. The van der Waals surface area contributed by atoms with Gasteiger partial charge in [0.05, 0.1) is 12.2 Å². The van der Waals surface area contributed by atoms with Gasteiger partial charge >= 0.3 is 6.03 Å². The first kappa shape index (κ1) is 19.4. The van der Waals surface area contributed by atoms with Gasteiger partial charge in [-0.3, -0.25) is 9.78 Å². The first-order valence-corrected chi connectivity index (χ1v) is 10.3. The fourth-order valence-corrected chi connectivity index (χ4v) is 4.37. The molecule has 1 aromatic carbocycles. The van der Waals surface area contributed by atoms with E-state index in [9.17, 15) is 9.59 Å².